The van der Waals surface area contributed by atoms with Crippen molar-refractivity contribution in [1.82, 2.24) is 0 Å². The van der Waals surface area contributed by atoms with Gasteiger partial charge in [-0.1, -0.05) is 29.5 Å². The molecule has 0 aliphatic heterocycles. The minimum absolute atomic E-state index is 0.0666. The third-order valence-electron chi connectivity index (χ3n) is 2.25. The van der Waals surface area contributed by atoms with Gasteiger partial charge in [-0.25, -0.2) is 0 Å². The smallest absolute Gasteiger partial charge is 0.294 e. The predicted molar refractivity (Wildman–Crippen MR) is 85.3 cm³/mol. The van der Waals surface area contributed by atoms with Gasteiger partial charge >= 0.3 is 0 Å². The fraction of sp³-hybridized carbons (Fsp3) is 0.385. The van der Waals surface area contributed by atoms with E-state index in [-0.39, 0.29) is 15.8 Å². The first-order valence-electron chi connectivity index (χ1n) is 6.13. The van der Waals surface area contributed by atoms with E-state index in [0.29, 0.717) is 6.42 Å². The molecule has 0 atom stereocenters. The molecule has 0 aliphatic rings. The summed E-state index contributed by atoms with van der Waals surface area (Å²) < 4.78 is 29.6. The lowest BCUT2D eigenvalue weighted by molar-refractivity contribution is -0.117. The molecule has 0 aliphatic carbocycles. The molecule has 1 rings (SSSR count). The molecule has 0 heterocycles. The normalized spacial score (nSPS) is 10.4. The maximum atomic E-state index is 10.5. The largest absolute Gasteiger partial charge is 0.379 e. The molecule has 1 aromatic carbocycles. The van der Waals surface area contributed by atoms with Crippen molar-refractivity contribution in [1.29, 1.82) is 5.41 Å². The van der Waals surface area contributed by atoms with Gasteiger partial charge < -0.3 is 10.5 Å². The Hall–Kier alpha value is -1.38. The van der Waals surface area contributed by atoms with Gasteiger partial charge in [0.25, 0.3) is 10.1 Å². The molecule has 6 nitrogen and oxygen atoms in total. The summed E-state index contributed by atoms with van der Waals surface area (Å²) in [6, 6.07) is 5.99. The fourth-order valence-electron chi connectivity index (χ4n) is 1.21. The standard InChI is InChI=1S/C7H8O3S.C6H12N2OS/c1-6-2-4-7(5-3-6)11(8,9)10;1-5(9)3-2-4-10-6(7)8/h2-5H,1H3,(H,8,9,10);2-4H2,1H3,(H3,7,8). The number of hydrogen-bond acceptors (Lipinski definition) is 5. The quantitative estimate of drug-likeness (QED) is 0.329. The third kappa shape index (κ3) is 11.0. The van der Waals surface area contributed by atoms with E-state index in [1.807, 2.05) is 6.92 Å². The van der Waals surface area contributed by atoms with Gasteiger partial charge in [-0.05, 0) is 32.4 Å². The number of aryl methyl sites for hydroxylation is 1. The number of Topliss-reactive ketones (excluding diaryl/α,β-unsaturated/α-hetero) is 1. The average Bonchev–Trinajstić information content (AvgIpc) is 2.34. The highest BCUT2D eigenvalue weighted by Gasteiger charge is 2.06. The summed E-state index contributed by atoms with van der Waals surface area (Å²) in [7, 11) is -4.02. The molecule has 0 amide bonds. The number of benzene rings is 1. The summed E-state index contributed by atoms with van der Waals surface area (Å²) in [5.41, 5.74) is 6.03. The lowest BCUT2D eigenvalue weighted by atomic mass is 10.2. The Morgan fingerprint density at radius 3 is 2.24 bits per heavy atom. The van der Waals surface area contributed by atoms with Gasteiger partial charge in [0.1, 0.15) is 5.78 Å². The van der Waals surface area contributed by atoms with Crippen LogP contribution >= 0.6 is 11.8 Å². The van der Waals surface area contributed by atoms with Crippen LogP contribution < -0.4 is 5.73 Å². The Balaban J connectivity index is 0.000000384. The van der Waals surface area contributed by atoms with E-state index in [4.69, 9.17) is 15.7 Å². The number of nitrogens with one attached hydrogen (secondary N) is 1. The number of thioether (sulfide) groups is 1. The first-order chi connectivity index (χ1) is 9.62. The first-order valence-corrected chi connectivity index (χ1v) is 8.56. The maximum Gasteiger partial charge on any atom is 0.294 e. The Kier molecular flexibility index (Phi) is 8.91. The third-order valence-corrected chi connectivity index (χ3v) is 3.92. The van der Waals surface area contributed by atoms with Crippen LogP contribution in [0.5, 0.6) is 0 Å². The second kappa shape index (κ2) is 9.54. The van der Waals surface area contributed by atoms with Crippen molar-refractivity contribution in [2.45, 2.75) is 31.6 Å². The topological polar surface area (TPSA) is 121 Å². The van der Waals surface area contributed by atoms with Gasteiger partial charge in [-0.3, -0.25) is 9.96 Å². The van der Waals surface area contributed by atoms with Crippen molar-refractivity contribution in [3.8, 4) is 0 Å². The van der Waals surface area contributed by atoms with Crippen LogP contribution in [0.2, 0.25) is 0 Å². The molecule has 4 N–H and O–H groups in total. The molecule has 8 heteroatoms. The molecule has 118 valence electrons. The Morgan fingerprint density at radius 1 is 1.33 bits per heavy atom. The summed E-state index contributed by atoms with van der Waals surface area (Å²) in [4.78, 5) is 10.3. The zero-order valence-electron chi connectivity index (χ0n) is 12.0. The molecule has 0 fully saturated rings. The van der Waals surface area contributed by atoms with Crippen LogP contribution in [0.4, 0.5) is 0 Å². The SMILES string of the molecule is CC(=O)CCCSC(=N)N.Cc1ccc(S(=O)(=O)O)cc1. The highest BCUT2D eigenvalue weighted by molar-refractivity contribution is 8.13. The molecule has 0 saturated carbocycles. The summed E-state index contributed by atoms with van der Waals surface area (Å²) in [5, 5.41) is 6.96. The van der Waals surface area contributed by atoms with Crippen LogP contribution in [0.3, 0.4) is 0 Å². The molecule has 0 radical (unpaired) electrons. The zero-order valence-corrected chi connectivity index (χ0v) is 13.6. The number of rotatable bonds is 5. The van der Waals surface area contributed by atoms with E-state index in [1.54, 1.807) is 19.1 Å². The average molecular weight is 332 g/mol. The summed E-state index contributed by atoms with van der Waals surface area (Å²) in [6.45, 7) is 3.41. The molecular weight excluding hydrogens is 312 g/mol. The molecule has 0 spiro atoms. The summed E-state index contributed by atoms with van der Waals surface area (Å²) in [6.07, 6.45) is 1.42. The number of carbonyl (C=O) groups is 1. The second-order valence-corrected chi connectivity index (χ2v) is 6.86. The van der Waals surface area contributed by atoms with Crippen LogP contribution in [0.1, 0.15) is 25.3 Å². The molecule has 21 heavy (non-hydrogen) atoms. The van der Waals surface area contributed by atoms with E-state index >= 15 is 0 Å². The van der Waals surface area contributed by atoms with Crippen LogP contribution in [0.15, 0.2) is 29.2 Å². The van der Waals surface area contributed by atoms with Crippen LogP contribution in [0, 0.1) is 12.3 Å². The molecule has 0 bridgehead atoms. The lowest BCUT2D eigenvalue weighted by Crippen LogP contribution is -2.04. The fourth-order valence-corrected chi connectivity index (χ4v) is 2.20. The van der Waals surface area contributed by atoms with E-state index in [0.717, 1.165) is 17.7 Å². The molecule has 0 saturated heterocycles. The van der Waals surface area contributed by atoms with Crippen molar-refractivity contribution in [3.05, 3.63) is 29.8 Å². The molecule has 1 aromatic rings. The van der Waals surface area contributed by atoms with Crippen molar-refractivity contribution < 1.29 is 17.8 Å². The minimum atomic E-state index is -4.02. The monoisotopic (exact) mass is 332 g/mol. The van der Waals surface area contributed by atoms with E-state index in [2.05, 4.69) is 0 Å². The van der Waals surface area contributed by atoms with Gasteiger partial charge in [0.05, 0.1) is 4.90 Å². The second-order valence-electron chi connectivity index (χ2n) is 4.31. The van der Waals surface area contributed by atoms with E-state index in [1.165, 1.54) is 23.9 Å². The van der Waals surface area contributed by atoms with Crippen molar-refractivity contribution in [3.63, 3.8) is 0 Å². The van der Waals surface area contributed by atoms with Crippen molar-refractivity contribution in [2.24, 2.45) is 5.73 Å². The van der Waals surface area contributed by atoms with Gasteiger partial charge in [0.15, 0.2) is 5.17 Å². The number of hydrogen-bond donors (Lipinski definition) is 3. The van der Waals surface area contributed by atoms with Crippen molar-refractivity contribution >= 4 is 32.8 Å². The van der Waals surface area contributed by atoms with E-state index in [9.17, 15) is 13.2 Å². The number of amidine groups is 1. The Morgan fingerprint density at radius 2 is 1.86 bits per heavy atom. The van der Waals surface area contributed by atoms with Crippen LogP contribution in [-0.4, -0.2) is 29.7 Å². The van der Waals surface area contributed by atoms with Crippen molar-refractivity contribution in [2.75, 3.05) is 5.75 Å². The predicted octanol–water partition coefficient (Wildman–Crippen LogP) is 2.22. The highest BCUT2D eigenvalue weighted by atomic mass is 32.2. The lowest BCUT2D eigenvalue weighted by Gasteiger charge is -1.95. The first kappa shape index (κ1) is 19.6. The van der Waals surface area contributed by atoms with Crippen LogP contribution in [-0.2, 0) is 14.9 Å². The molecule has 0 aromatic heterocycles. The molecule has 0 unspecified atom stereocenters. The Bertz CT molecular complexity index is 552. The molecular formula is C13H20N2O4S2. The van der Waals surface area contributed by atoms with Gasteiger partial charge in [-0.2, -0.15) is 8.42 Å². The van der Waals surface area contributed by atoms with Gasteiger partial charge in [0.2, 0.25) is 0 Å². The summed E-state index contributed by atoms with van der Waals surface area (Å²) in [5.74, 6) is 0.971. The van der Waals surface area contributed by atoms with Gasteiger partial charge in [0, 0.05) is 12.2 Å². The highest BCUT2D eigenvalue weighted by Crippen LogP contribution is 2.08. The van der Waals surface area contributed by atoms with Crippen LogP contribution in [0.25, 0.3) is 0 Å². The van der Waals surface area contributed by atoms with E-state index < -0.39 is 10.1 Å². The van der Waals surface area contributed by atoms with Gasteiger partial charge in [-0.15, -0.1) is 0 Å². The summed E-state index contributed by atoms with van der Waals surface area (Å²) >= 11 is 1.28. The minimum Gasteiger partial charge on any atom is -0.379 e. The number of carbonyl (C=O) groups excluding carboxylic acids is 1. The number of ketones is 1. The maximum absolute atomic E-state index is 10.5. The Labute approximate surface area is 129 Å². The number of nitrogens with two attached hydrogens (primary N) is 1. The zero-order chi connectivity index (χ0) is 16.5.